The molecule has 2 aromatic rings. The summed E-state index contributed by atoms with van der Waals surface area (Å²) in [6.45, 7) is 1.45. The first-order chi connectivity index (χ1) is 8.80. The number of halogens is 5. The van der Waals surface area contributed by atoms with E-state index in [9.17, 15) is 22.0 Å². The van der Waals surface area contributed by atoms with E-state index in [1.807, 2.05) is 0 Å². The molecule has 1 heterocycles. The fourth-order valence-corrected chi connectivity index (χ4v) is 1.77. The smallest absolute Gasteiger partial charge is 0.295 e. The summed E-state index contributed by atoms with van der Waals surface area (Å²) in [4.78, 5) is 3.71. The van der Waals surface area contributed by atoms with Gasteiger partial charge in [-0.2, -0.15) is 13.2 Å². The molecule has 0 radical (unpaired) electrons. The highest BCUT2D eigenvalue weighted by Gasteiger charge is 2.31. The molecule has 2 rings (SSSR count). The maximum atomic E-state index is 12.8. The molecule has 2 nitrogen and oxygen atoms in total. The SMILES string of the molecule is Cc1ncc(C(F)F)n1-c1cccc(C(F)(F)F)c1. The van der Waals surface area contributed by atoms with Crippen LogP contribution in [0.3, 0.4) is 0 Å². The molecule has 0 saturated heterocycles. The second-order valence-electron chi connectivity index (χ2n) is 3.91. The van der Waals surface area contributed by atoms with Crippen LogP contribution in [-0.4, -0.2) is 9.55 Å². The van der Waals surface area contributed by atoms with Gasteiger partial charge in [-0.05, 0) is 25.1 Å². The Morgan fingerprint density at radius 3 is 2.47 bits per heavy atom. The average Bonchev–Trinajstić information content (AvgIpc) is 2.70. The van der Waals surface area contributed by atoms with E-state index in [-0.39, 0.29) is 11.5 Å². The van der Waals surface area contributed by atoms with Crippen LogP contribution in [0.15, 0.2) is 30.5 Å². The molecule has 0 N–H and O–H groups in total. The van der Waals surface area contributed by atoms with Crippen molar-refractivity contribution in [3.63, 3.8) is 0 Å². The summed E-state index contributed by atoms with van der Waals surface area (Å²) in [5, 5.41) is 0. The van der Waals surface area contributed by atoms with E-state index in [1.54, 1.807) is 0 Å². The van der Waals surface area contributed by atoms with Crippen LogP contribution >= 0.6 is 0 Å². The molecule has 0 unspecified atom stereocenters. The zero-order valence-electron chi connectivity index (χ0n) is 9.75. The molecule has 19 heavy (non-hydrogen) atoms. The van der Waals surface area contributed by atoms with Crippen LogP contribution in [0.4, 0.5) is 22.0 Å². The van der Waals surface area contributed by atoms with Crippen LogP contribution in [0.25, 0.3) is 5.69 Å². The number of aromatic nitrogens is 2. The average molecular weight is 276 g/mol. The number of nitrogens with zero attached hydrogens (tertiary/aromatic N) is 2. The third-order valence-electron chi connectivity index (χ3n) is 2.62. The second kappa shape index (κ2) is 4.64. The quantitative estimate of drug-likeness (QED) is 0.754. The summed E-state index contributed by atoms with van der Waals surface area (Å²) in [6, 6.07) is 4.21. The fraction of sp³-hybridized carbons (Fsp3) is 0.250. The predicted molar refractivity (Wildman–Crippen MR) is 58.3 cm³/mol. The van der Waals surface area contributed by atoms with Gasteiger partial charge in [0.15, 0.2) is 0 Å². The lowest BCUT2D eigenvalue weighted by atomic mass is 10.2. The van der Waals surface area contributed by atoms with E-state index in [1.165, 1.54) is 19.1 Å². The zero-order chi connectivity index (χ0) is 14.2. The number of rotatable bonds is 2. The molecule has 0 aliphatic carbocycles. The molecule has 0 bridgehead atoms. The Labute approximate surface area is 105 Å². The minimum absolute atomic E-state index is 0.0140. The van der Waals surface area contributed by atoms with E-state index in [0.717, 1.165) is 22.9 Å². The molecular weight excluding hydrogens is 267 g/mol. The maximum absolute atomic E-state index is 12.8. The lowest BCUT2D eigenvalue weighted by Crippen LogP contribution is -2.08. The van der Waals surface area contributed by atoms with Gasteiger partial charge >= 0.3 is 6.18 Å². The molecular formula is C12H9F5N2. The fourth-order valence-electron chi connectivity index (χ4n) is 1.77. The molecule has 1 aromatic carbocycles. The Bertz CT molecular complexity index is 586. The molecule has 7 heteroatoms. The van der Waals surface area contributed by atoms with E-state index in [0.29, 0.717) is 0 Å². The Kier molecular flexibility index (Phi) is 3.30. The summed E-state index contributed by atoms with van der Waals surface area (Å²) < 4.78 is 64.4. The minimum atomic E-state index is -4.52. The van der Waals surface area contributed by atoms with E-state index < -0.39 is 23.9 Å². The molecule has 1 aromatic heterocycles. The highest BCUT2D eigenvalue weighted by Crippen LogP contribution is 2.31. The van der Waals surface area contributed by atoms with Crippen LogP contribution in [0.1, 0.15) is 23.5 Å². The van der Waals surface area contributed by atoms with Crippen molar-refractivity contribution in [2.24, 2.45) is 0 Å². The predicted octanol–water partition coefficient (Wildman–Crippen LogP) is 4.14. The van der Waals surface area contributed by atoms with Crippen molar-refractivity contribution >= 4 is 0 Å². The number of alkyl halides is 5. The lowest BCUT2D eigenvalue weighted by Gasteiger charge is -2.12. The molecule has 0 aliphatic heterocycles. The van der Waals surface area contributed by atoms with Gasteiger partial charge in [-0.3, -0.25) is 4.57 Å². The van der Waals surface area contributed by atoms with Gasteiger partial charge in [0.1, 0.15) is 11.5 Å². The number of imidazole rings is 1. The monoisotopic (exact) mass is 276 g/mol. The maximum Gasteiger partial charge on any atom is 0.416 e. The molecule has 0 atom stereocenters. The van der Waals surface area contributed by atoms with Crippen LogP contribution in [0.2, 0.25) is 0 Å². The first-order valence-corrected chi connectivity index (χ1v) is 5.30. The van der Waals surface area contributed by atoms with Crippen molar-refractivity contribution in [1.82, 2.24) is 9.55 Å². The first-order valence-electron chi connectivity index (χ1n) is 5.30. The summed E-state index contributed by atoms with van der Waals surface area (Å²) in [5.41, 5.74) is -1.31. The molecule has 0 amide bonds. The summed E-state index contributed by atoms with van der Waals surface area (Å²) in [5.74, 6) is 0.203. The Balaban J connectivity index is 2.57. The van der Waals surface area contributed by atoms with Crippen LogP contribution < -0.4 is 0 Å². The van der Waals surface area contributed by atoms with Crippen LogP contribution in [0, 0.1) is 6.92 Å². The number of benzene rings is 1. The number of aryl methyl sites for hydroxylation is 1. The first kappa shape index (κ1) is 13.5. The lowest BCUT2D eigenvalue weighted by molar-refractivity contribution is -0.137. The third kappa shape index (κ3) is 2.59. The molecule has 0 fully saturated rings. The summed E-state index contributed by atoms with van der Waals surface area (Å²) >= 11 is 0. The second-order valence-corrected chi connectivity index (χ2v) is 3.91. The van der Waals surface area contributed by atoms with Gasteiger partial charge in [0.2, 0.25) is 0 Å². The zero-order valence-corrected chi connectivity index (χ0v) is 9.75. The van der Waals surface area contributed by atoms with Crippen molar-refractivity contribution in [3.05, 3.63) is 47.5 Å². The van der Waals surface area contributed by atoms with Crippen molar-refractivity contribution in [3.8, 4) is 5.69 Å². The van der Waals surface area contributed by atoms with Crippen molar-refractivity contribution < 1.29 is 22.0 Å². The molecule has 0 spiro atoms. The largest absolute Gasteiger partial charge is 0.416 e. The van der Waals surface area contributed by atoms with Crippen molar-refractivity contribution in [1.29, 1.82) is 0 Å². The van der Waals surface area contributed by atoms with Gasteiger partial charge in [-0.1, -0.05) is 6.07 Å². The molecule has 0 aliphatic rings. The van der Waals surface area contributed by atoms with Gasteiger partial charge in [0.25, 0.3) is 6.43 Å². The van der Waals surface area contributed by atoms with Crippen molar-refractivity contribution in [2.75, 3.05) is 0 Å². The van der Waals surface area contributed by atoms with Crippen molar-refractivity contribution in [2.45, 2.75) is 19.5 Å². The van der Waals surface area contributed by atoms with Gasteiger partial charge in [-0.15, -0.1) is 0 Å². The molecule has 0 saturated carbocycles. The Morgan fingerprint density at radius 2 is 1.89 bits per heavy atom. The third-order valence-corrected chi connectivity index (χ3v) is 2.62. The standard InChI is InChI=1S/C12H9F5N2/c1-7-18-6-10(11(13)14)19(7)9-4-2-3-8(5-9)12(15,16)17/h2-6,11H,1H3. The summed E-state index contributed by atoms with van der Waals surface area (Å²) in [6.07, 6.45) is -6.37. The van der Waals surface area contributed by atoms with Gasteiger partial charge in [0.05, 0.1) is 11.8 Å². The highest BCUT2D eigenvalue weighted by molar-refractivity contribution is 5.40. The van der Waals surface area contributed by atoms with Gasteiger partial charge in [0, 0.05) is 5.69 Å². The molecule has 102 valence electrons. The number of hydrogen-bond donors (Lipinski definition) is 0. The Hall–Kier alpha value is -1.92. The van der Waals surface area contributed by atoms with Gasteiger partial charge in [-0.25, -0.2) is 13.8 Å². The van der Waals surface area contributed by atoms with E-state index in [4.69, 9.17) is 0 Å². The summed E-state index contributed by atoms with van der Waals surface area (Å²) in [7, 11) is 0. The van der Waals surface area contributed by atoms with Gasteiger partial charge < -0.3 is 0 Å². The van der Waals surface area contributed by atoms with Crippen LogP contribution in [0.5, 0.6) is 0 Å². The number of hydrogen-bond acceptors (Lipinski definition) is 1. The van der Waals surface area contributed by atoms with E-state index in [2.05, 4.69) is 4.98 Å². The minimum Gasteiger partial charge on any atom is -0.295 e. The normalized spacial score (nSPS) is 12.2. The van der Waals surface area contributed by atoms with Crippen LogP contribution in [-0.2, 0) is 6.18 Å². The topological polar surface area (TPSA) is 17.8 Å². The highest BCUT2D eigenvalue weighted by atomic mass is 19.4. The van der Waals surface area contributed by atoms with E-state index >= 15 is 0 Å². The Morgan fingerprint density at radius 1 is 1.21 bits per heavy atom.